The third-order valence-electron chi connectivity index (χ3n) is 7.40. The van der Waals surface area contributed by atoms with Crippen LogP contribution in [-0.2, 0) is 13.1 Å². The van der Waals surface area contributed by atoms with Crippen molar-refractivity contribution in [3.05, 3.63) is 73.4 Å². The minimum absolute atomic E-state index is 0.0333. The van der Waals surface area contributed by atoms with E-state index in [9.17, 15) is 29.0 Å². The summed E-state index contributed by atoms with van der Waals surface area (Å²) in [4.78, 5) is 39.0. The van der Waals surface area contributed by atoms with Crippen LogP contribution in [0.3, 0.4) is 0 Å². The fraction of sp³-hybridized carbons (Fsp3) is 0.400. The maximum Gasteiger partial charge on any atom is 0.257 e. The quantitative estimate of drug-likeness (QED) is 0.601. The van der Waals surface area contributed by atoms with E-state index < -0.39 is 22.9 Å². The topological polar surface area (TPSA) is 109 Å². The Labute approximate surface area is 199 Å². The van der Waals surface area contributed by atoms with E-state index in [0.29, 0.717) is 25.0 Å². The number of allylic oxidation sites excluding steroid dienone is 2. The van der Waals surface area contributed by atoms with Gasteiger partial charge in [-0.3, -0.25) is 14.4 Å². The molecule has 1 atom stereocenters. The van der Waals surface area contributed by atoms with Gasteiger partial charge >= 0.3 is 0 Å². The fourth-order valence-electron chi connectivity index (χ4n) is 5.81. The zero-order chi connectivity index (χ0) is 24.4. The Bertz CT molecular complexity index is 1330. The van der Waals surface area contributed by atoms with Gasteiger partial charge in [-0.1, -0.05) is 30.7 Å². The average Bonchev–Trinajstić information content (AvgIpc) is 3.54. The van der Waals surface area contributed by atoms with Crippen LogP contribution in [0, 0.1) is 23.1 Å². The van der Waals surface area contributed by atoms with E-state index >= 15 is 0 Å². The molecular formula is C25H24ClFN2O5. The van der Waals surface area contributed by atoms with E-state index in [0.717, 1.165) is 12.0 Å². The Morgan fingerprint density at radius 2 is 2.06 bits per heavy atom. The van der Waals surface area contributed by atoms with Gasteiger partial charge in [0.25, 0.3) is 5.91 Å². The standard InChI is InChI=1S/C25H24ClFN2O5/c1-2-14-17-18(14)25(6-12(7-25)10-30)11-29-9-15(21(31)23(33)20(29)22(17)32)24(34)28-8-13-4-3-5-16(26)19(13)27/h3-5,9,12,14,30,33H,2,6-8,10-11H2,1H3,(H,28,34)/t12-,14-,25+/m1/s1. The number of Topliss-reactive ketones (excluding diaryl/α,β-unsaturated/α-hetero) is 1. The summed E-state index contributed by atoms with van der Waals surface area (Å²) >= 11 is 5.78. The molecule has 0 saturated heterocycles. The van der Waals surface area contributed by atoms with Crippen LogP contribution >= 0.6 is 11.6 Å². The van der Waals surface area contributed by atoms with Crippen LogP contribution in [0.4, 0.5) is 4.39 Å². The average molecular weight is 487 g/mol. The number of rotatable bonds is 5. The number of hydrogen-bond acceptors (Lipinski definition) is 5. The van der Waals surface area contributed by atoms with Crippen molar-refractivity contribution in [1.29, 1.82) is 0 Å². The van der Waals surface area contributed by atoms with Crippen LogP contribution in [0.5, 0.6) is 5.75 Å². The minimum Gasteiger partial charge on any atom is -0.503 e. The third kappa shape index (κ3) is 3.31. The molecule has 5 rings (SSSR count). The highest BCUT2D eigenvalue weighted by Crippen LogP contribution is 2.64. The summed E-state index contributed by atoms with van der Waals surface area (Å²) in [6, 6.07) is 4.39. The van der Waals surface area contributed by atoms with Crippen molar-refractivity contribution in [2.45, 2.75) is 39.3 Å². The number of nitrogens with zero attached hydrogens (tertiary/aromatic N) is 1. The zero-order valence-electron chi connectivity index (χ0n) is 18.5. The van der Waals surface area contributed by atoms with Crippen molar-refractivity contribution in [2.75, 3.05) is 6.61 Å². The number of carbonyl (C=O) groups is 2. The zero-order valence-corrected chi connectivity index (χ0v) is 19.3. The molecule has 9 heteroatoms. The van der Waals surface area contributed by atoms with Gasteiger partial charge in [0.05, 0.1) is 5.02 Å². The van der Waals surface area contributed by atoms with Crippen molar-refractivity contribution in [1.82, 2.24) is 9.88 Å². The van der Waals surface area contributed by atoms with E-state index in [1.165, 1.54) is 22.9 Å². The number of halogens is 2. The number of hydrogen-bond donors (Lipinski definition) is 3. The number of pyridine rings is 1. The molecule has 34 heavy (non-hydrogen) atoms. The minimum atomic E-state index is -0.947. The predicted molar refractivity (Wildman–Crippen MR) is 122 cm³/mol. The molecule has 1 fully saturated rings. The predicted octanol–water partition coefficient (Wildman–Crippen LogP) is 3.20. The third-order valence-corrected chi connectivity index (χ3v) is 7.70. The molecule has 0 radical (unpaired) electrons. The van der Waals surface area contributed by atoms with Gasteiger partial charge < -0.3 is 20.1 Å². The molecule has 2 heterocycles. The van der Waals surface area contributed by atoms with E-state index in [2.05, 4.69) is 5.32 Å². The molecular weight excluding hydrogens is 463 g/mol. The Morgan fingerprint density at radius 3 is 2.74 bits per heavy atom. The summed E-state index contributed by atoms with van der Waals surface area (Å²) in [7, 11) is 0. The van der Waals surface area contributed by atoms with Crippen LogP contribution in [0.15, 0.2) is 40.3 Å². The van der Waals surface area contributed by atoms with Crippen LogP contribution in [-0.4, -0.2) is 33.1 Å². The number of aliphatic hydroxyl groups is 1. The highest BCUT2D eigenvalue weighted by Gasteiger charge is 2.59. The lowest BCUT2D eigenvalue weighted by Gasteiger charge is -2.47. The largest absolute Gasteiger partial charge is 0.503 e. The second kappa shape index (κ2) is 8.06. The molecule has 3 aliphatic rings. The molecule has 3 N–H and O–H groups in total. The van der Waals surface area contributed by atoms with Gasteiger partial charge in [0.15, 0.2) is 5.75 Å². The monoisotopic (exact) mass is 486 g/mol. The molecule has 1 spiro atoms. The lowest BCUT2D eigenvalue weighted by Crippen LogP contribution is -2.43. The smallest absolute Gasteiger partial charge is 0.257 e. The summed E-state index contributed by atoms with van der Waals surface area (Å²) in [5.41, 5.74) is 0.145. The first-order valence-electron chi connectivity index (χ1n) is 11.3. The number of aliphatic hydroxyl groups excluding tert-OH is 1. The molecule has 0 unspecified atom stereocenters. The van der Waals surface area contributed by atoms with Gasteiger partial charge in [-0.25, -0.2) is 4.39 Å². The number of aromatic hydroxyl groups is 1. The lowest BCUT2D eigenvalue weighted by molar-refractivity contribution is 0.0323. The number of benzene rings is 1. The Balaban J connectivity index is 1.49. The maximum atomic E-state index is 14.2. The Morgan fingerprint density at radius 1 is 1.32 bits per heavy atom. The normalized spacial score (nSPS) is 24.9. The molecule has 1 saturated carbocycles. The summed E-state index contributed by atoms with van der Waals surface area (Å²) < 4.78 is 15.7. The Kier molecular flexibility index (Phi) is 5.41. The first kappa shape index (κ1) is 22.8. The van der Waals surface area contributed by atoms with Crippen molar-refractivity contribution in [3.8, 4) is 5.75 Å². The van der Waals surface area contributed by atoms with Gasteiger partial charge in [-0.05, 0) is 36.8 Å². The van der Waals surface area contributed by atoms with Gasteiger partial charge in [-0.2, -0.15) is 0 Å². The molecule has 7 nitrogen and oxygen atoms in total. The van der Waals surface area contributed by atoms with Crippen LogP contribution < -0.4 is 10.7 Å². The molecule has 1 aliphatic heterocycles. The van der Waals surface area contributed by atoms with E-state index in [4.69, 9.17) is 11.6 Å². The number of aromatic nitrogens is 1. The van der Waals surface area contributed by atoms with E-state index in [1.807, 2.05) is 6.92 Å². The highest BCUT2D eigenvalue weighted by molar-refractivity contribution is 6.30. The SMILES string of the molecule is CC[C@@H]1C2=C1[C@]1(Cn3cc(C(=O)NCc4cccc(Cl)c4F)c(=O)c(O)c3C2=O)C[C@H](CO)C1. The molecule has 1 aromatic carbocycles. The Hall–Kier alpha value is -2.97. The van der Waals surface area contributed by atoms with E-state index in [1.54, 1.807) is 6.07 Å². The summed E-state index contributed by atoms with van der Waals surface area (Å²) in [6.07, 6.45) is 3.47. The van der Waals surface area contributed by atoms with Crippen molar-refractivity contribution >= 4 is 23.3 Å². The molecule has 1 amide bonds. The van der Waals surface area contributed by atoms with Gasteiger partial charge in [0, 0.05) is 48.4 Å². The van der Waals surface area contributed by atoms with Crippen LogP contribution in [0.25, 0.3) is 0 Å². The molecule has 1 aromatic heterocycles. The highest BCUT2D eigenvalue weighted by atomic mass is 35.5. The summed E-state index contributed by atoms with van der Waals surface area (Å²) in [5.74, 6) is -2.43. The van der Waals surface area contributed by atoms with Crippen LogP contribution in [0.2, 0.25) is 5.02 Å². The lowest BCUT2D eigenvalue weighted by atomic mass is 9.59. The summed E-state index contributed by atoms with van der Waals surface area (Å²) in [6.45, 7) is 2.18. The maximum absolute atomic E-state index is 14.2. The second-order valence-corrected chi connectivity index (χ2v) is 9.85. The summed E-state index contributed by atoms with van der Waals surface area (Å²) in [5, 5.41) is 22.7. The number of ketones is 1. The van der Waals surface area contributed by atoms with Gasteiger partial charge in [-0.15, -0.1) is 0 Å². The van der Waals surface area contributed by atoms with Crippen molar-refractivity contribution in [3.63, 3.8) is 0 Å². The molecule has 0 bridgehead atoms. The first-order valence-corrected chi connectivity index (χ1v) is 11.7. The molecule has 2 aromatic rings. The molecule has 2 aliphatic carbocycles. The molecule has 178 valence electrons. The number of nitrogens with one attached hydrogen (secondary N) is 1. The fourth-order valence-corrected chi connectivity index (χ4v) is 6.00. The number of fused-ring (bicyclic) bond motifs is 2. The number of carbonyl (C=O) groups excluding carboxylic acids is 2. The first-order chi connectivity index (χ1) is 16.2. The number of amides is 1. The van der Waals surface area contributed by atoms with E-state index in [-0.39, 0.29) is 58.0 Å². The van der Waals surface area contributed by atoms with Crippen molar-refractivity contribution in [2.24, 2.45) is 17.3 Å². The van der Waals surface area contributed by atoms with Gasteiger partial charge in [0.1, 0.15) is 17.1 Å². The van der Waals surface area contributed by atoms with Crippen LogP contribution in [0.1, 0.15) is 52.6 Å². The second-order valence-electron chi connectivity index (χ2n) is 9.45. The van der Waals surface area contributed by atoms with Gasteiger partial charge in [0.2, 0.25) is 11.2 Å². The van der Waals surface area contributed by atoms with Crippen molar-refractivity contribution < 1.29 is 24.2 Å².